The summed E-state index contributed by atoms with van der Waals surface area (Å²) in [6, 6.07) is 3.58. The number of pyridine rings is 1. The molecule has 0 spiro atoms. The SMILES string of the molecule is Cc1cc(NS(=O)(=O)c2cc(N)c(Br)cc2F)ncc1Br. The first kappa shape index (κ1) is 16.2. The molecule has 9 heteroatoms. The van der Waals surface area contributed by atoms with E-state index in [-0.39, 0.29) is 16.0 Å². The number of sulfonamides is 1. The zero-order valence-corrected chi connectivity index (χ0v) is 14.7. The minimum atomic E-state index is -4.12. The Morgan fingerprint density at radius 3 is 2.52 bits per heavy atom. The van der Waals surface area contributed by atoms with Gasteiger partial charge in [0.25, 0.3) is 10.0 Å². The highest BCUT2D eigenvalue weighted by molar-refractivity contribution is 9.10. The van der Waals surface area contributed by atoms with Crippen LogP contribution in [0, 0.1) is 12.7 Å². The lowest BCUT2D eigenvalue weighted by molar-refractivity contribution is 0.570. The van der Waals surface area contributed by atoms with Crippen LogP contribution in [0.2, 0.25) is 0 Å². The second-order valence-corrected chi connectivity index (χ2v) is 7.59. The summed E-state index contributed by atoms with van der Waals surface area (Å²) in [4.78, 5) is 3.38. The molecule has 21 heavy (non-hydrogen) atoms. The molecule has 1 heterocycles. The molecule has 0 aliphatic carbocycles. The predicted octanol–water partition coefficient (Wildman–Crippen LogP) is 3.44. The summed E-state index contributed by atoms with van der Waals surface area (Å²) in [6.07, 6.45) is 1.46. The molecule has 1 aromatic carbocycles. The molecule has 3 N–H and O–H groups in total. The Balaban J connectivity index is 2.43. The fourth-order valence-corrected chi connectivity index (χ4v) is 3.17. The van der Waals surface area contributed by atoms with Gasteiger partial charge in [0, 0.05) is 20.8 Å². The normalized spacial score (nSPS) is 11.4. The fraction of sp³-hybridized carbons (Fsp3) is 0.0833. The van der Waals surface area contributed by atoms with Gasteiger partial charge in [0.15, 0.2) is 0 Å². The van der Waals surface area contributed by atoms with E-state index < -0.39 is 20.7 Å². The van der Waals surface area contributed by atoms with Crippen LogP contribution in [-0.2, 0) is 10.0 Å². The first-order valence-electron chi connectivity index (χ1n) is 5.60. The molecule has 0 saturated carbocycles. The van der Waals surface area contributed by atoms with Crippen LogP contribution in [0.15, 0.2) is 38.2 Å². The van der Waals surface area contributed by atoms with E-state index in [0.717, 1.165) is 22.2 Å². The van der Waals surface area contributed by atoms with Crippen LogP contribution < -0.4 is 10.5 Å². The monoisotopic (exact) mass is 437 g/mol. The average Bonchev–Trinajstić information content (AvgIpc) is 2.37. The number of benzene rings is 1. The largest absolute Gasteiger partial charge is 0.398 e. The summed E-state index contributed by atoms with van der Waals surface area (Å²) >= 11 is 6.30. The van der Waals surface area contributed by atoms with Crippen molar-refractivity contribution in [3.8, 4) is 0 Å². The molecule has 0 saturated heterocycles. The third-order valence-electron chi connectivity index (χ3n) is 2.63. The van der Waals surface area contributed by atoms with Gasteiger partial charge in [-0.1, -0.05) is 0 Å². The van der Waals surface area contributed by atoms with Gasteiger partial charge in [0.05, 0.1) is 0 Å². The molecule has 1 aromatic heterocycles. The number of aryl methyl sites for hydroxylation is 1. The number of nitrogens with one attached hydrogen (secondary N) is 1. The van der Waals surface area contributed by atoms with Gasteiger partial charge in [0.2, 0.25) is 0 Å². The van der Waals surface area contributed by atoms with Crippen LogP contribution in [0.4, 0.5) is 15.9 Å². The Bertz CT molecular complexity index is 812. The number of rotatable bonds is 3. The molecule has 0 bridgehead atoms. The summed E-state index contributed by atoms with van der Waals surface area (Å²) in [7, 11) is -4.12. The second kappa shape index (κ2) is 5.90. The van der Waals surface area contributed by atoms with Crippen molar-refractivity contribution >= 4 is 53.4 Å². The number of halogens is 3. The van der Waals surface area contributed by atoms with Crippen LogP contribution in [0.1, 0.15) is 5.56 Å². The number of nitrogens with two attached hydrogens (primary N) is 1. The van der Waals surface area contributed by atoms with Crippen LogP contribution >= 0.6 is 31.9 Å². The molecule has 0 amide bonds. The Morgan fingerprint density at radius 1 is 1.24 bits per heavy atom. The van der Waals surface area contributed by atoms with Crippen molar-refractivity contribution in [2.75, 3.05) is 10.5 Å². The Morgan fingerprint density at radius 2 is 1.90 bits per heavy atom. The van der Waals surface area contributed by atoms with E-state index in [1.807, 2.05) is 0 Å². The zero-order valence-electron chi connectivity index (χ0n) is 10.7. The summed E-state index contributed by atoms with van der Waals surface area (Å²) < 4.78 is 41.5. The minimum absolute atomic E-state index is 0.0941. The molecule has 0 atom stereocenters. The van der Waals surface area contributed by atoms with E-state index in [2.05, 4.69) is 41.6 Å². The lowest BCUT2D eigenvalue weighted by Gasteiger charge is -2.10. The quantitative estimate of drug-likeness (QED) is 0.718. The van der Waals surface area contributed by atoms with E-state index in [4.69, 9.17) is 5.73 Å². The lowest BCUT2D eigenvalue weighted by Crippen LogP contribution is -2.16. The van der Waals surface area contributed by atoms with Gasteiger partial charge in [-0.15, -0.1) is 0 Å². The Labute approximate surface area is 138 Å². The minimum Gasteiger partial charge on any atom is -0.398 e. The highest BCUT2D eigenvalue weighted by Crippen LogP contribution is 2.27. The second-order valence-electron chi connectivity index (χ2n) is 4.23. The molecule has 0 aliphatic rings. The van der Waals surface area contributed by atoms with Crippen LogP contribution in [-0.4, -0.2) is 13.4 Å². The molecular weight excluding hydrogens is 429 g/mol. The number of nitrogen functional groups attached to an aromatic ring is 1. The Hall–Kier alpha value is -1.19. The van der Waals surface area contributed by atoms with E-state index in [1.54, 1.807) is 6.92 Å². The standard InChI is InChI=1S/C12H10Br2FN3O2S/c1-6-2-12(17-5-8(6)14)18-21(19,20)11-4-10(16)7(13)3-9(11)15/h2-5H,16H2,1H3,(H,17,18). The first-order valence-corrected chi connectivity index (χ1v) is 8.67. The highest BCUT2D eigenvalue weighted by atomic mass is 79.9. The Kier molecular flexibility index (Phi) is 4.54. The first-order chi connectivity index (χ1) is 9.70. The molecule has 5 nitrogen and oxygen atoms in total. The van der Waals surface area contributed by atoms with Crippen molar-refractivity contribution in [3.05, 3.63) is 44.7 Å². The summed E-state index contributed by atoms with van der Waals surface area (Å²) in [5.41, 5.74) is 6.51. The van der Waals surface area contributed by atoms with E-state index in [9.17, 15) is 12.8 Å². The van der Waals surface area contributed by atoms with Gasteiger partial charge in [-0.3, -0.25) is 4.72 Å². The van der Waals surface area contributed by atoms with Gasteiger partial charge < -0.3 is 5.73 Å². The smallest absolute Gasteiger partial charge is 0.266 e. The van der Waals surface area contributed by atoms with E-state index >= 15 is 0 Å². The maximum absolute atomic E-state index is 13.8. The molecule has 2 rings (SSSR count). The van der Waals surface area contributed by atoms with Crippen molar-refractivity contribution in [2.24, 2.45) is 0 Å². The van der Waals surface area contributed by atoms with Crippen LogP contribution in [0.3, 0.4) is 0 Å². The molecular formula is C12H10Br2FN3O2S. The third kappa shape index (κ3) is 3.53. The van der Waals surface area contributed by atoms with Crippen LogP contribution in [0.5, 0.6) is 0 Å². The number of aromatic nitrogens is 1. The number of hydrogen-bond donors (Lipinski definition) is 2. The van der Waals surface area contributed by atoms with Gasteiger partial charge in [0.1, 0.15) is 16.5 Å². The fourth-order valence-electron chi connectivity index (χ4n) is 1.54. The van der Waals surface area contributed by atoms with E-state index in [0.29, 0.717) is 0 Å². The van der Waals surface area contributed by atoms with Crippen molar-refractivity contribution in [1.82, 2.24) is 4.98 Å². The van der Waals surface area contributed by atoms with Crippen molar-refractivity contribution in [1.29, 1.82) is 0 Å². The highest BCUT2D eigenvalue weighted by Gasteiger charge is 2.21. The number of anilines is 2. The average molecular weight is 439 g/mol. The van der Waals surface area contributed by atoms with Crippen molar-refractivity contribution in [2.45, 2.75) is 11.8 Å². The molecule has 2 aromatic rings. The third-order valence-corrected chi connectivity index (χ3v) is 5.51. The molecule has 0 unspecified atom stereocenters. The maximum atomic E-state index is 13.8. The number of nitrogens with zero attached hydrogens (tertiary/aromatic N) is 1. The predicted molar refractivity (Wildman–Crippen MR) is 86.0 cm³/mol. The summed E-state index contributed by atoms with van der Waals surface area (Å²) in [5.74, 6) is -0.811. The van der Waals surface area contributed by atoms with Crippen molar-refractivity contribution < 1.29 is 12.8 Å². The number of hydrogen-bond acceptors (Lipinski definition) is 4. The van der Waals surface area contributed by atoms with E-state index in [1.165, 1.54) is 12.3 Å². The van der Waals surface area contributed by atoms with Gasteiger partial charge >= 0.3 is 0 Å². The molecule has 112 valence electrons. The van der Waals surface area contributed by atoms with Crippen LogP contribution in [0.25, 0.3) is 0 Å². The molecule has 0 radical (unpaired) electrons. The van der Waals surface area contributed by atoms with Gasteiger partial charge in [-0.2, -0.15) is 0 Å². The summed E-state index contributed by atoms with van der Waals surface area (Å²) in [5, 5.41) is 0. The van der Waals surface area contributed by atoms with Crippen molar-refractivity contribution in [3.63, 3.8) is 0 Å². The molecule has 0 fully saturated rings. The summed E-state index contributed by atoms with van der Waals surface area (Å²) in [6.45, 7) is 1.78. The molecule has 0 aliphatic heterocycles. The zero-order chi connectivity index (χ0) is 15.8. The topological polar surface area (TPSA) is 85.1 Å². The van der Waals surface area contributed by atoms with Gasteiger partial charge in [-0.25, -0.2) is 17.8 Å². The lowest BCUT2D eigenvalue weighted by atomic mass is 10.3. The maximum Gasteiger partial charge on any atom is 0.266 e. The van der Waals surface area contributed by atoms with Gasteiger partial charge in [-0.05, 0) is 62.5 Å².